The van der Waals surface area contributed by atoms with E-state index in [1.807, 2.05) is 29.2 Å². The van der Waals surface area contributed by atoms with Crippen molar-refractivity contribution in [1.82, 2.24) is 24.5 Å². The highest BCUT2D eigenvalue weighted by atomic mass is 32.1. The molecule has 1 N–H and O–H groups in total. The number of hydrogen-bond donors (Lipinski definition) is 1. The molecular weight excluding hydrogens is 298 g/mol. The van der Waals surface area contributed by atoms with Crippen molar-refractivity contribution in [2.45, 2.75) is 39.4 Å². The molecule has 3 rings (SSSR count). The summed E-state index contributed by atoms with van der Waals surface area (Å²) in [7, 11) is 0. The first-order valence-electron chi connectivity index (χ1n) is 7.25. The standard InChI is InChI=1S/C15H19N5OS/c1-10-9-22-15-18-13(7-14(21)20(10)15)8-16-11(2)12(3)19-6-4-5-17-19/h4-7,9,11-12,16H,8H2,1-3H3/t11-,12+/m0/s1. The van der Waals surface area contributed by atoms with Gasteiger partial charge in [0.25, 0.3) is 5.56 Å². The molecule has 0 radical (unpaired) electrons. The maximum atomic E-state index is 12.1. The van der Waals surface area contributed by atoms with Gasteiger partial charge in [0.1, 0.15) is 0 Å². The molecule has 22 heavy (non-hydrogen) atoms. The molecule has 0 unspecified atom stereocenters. The van der Waals surface area contributed by atoms with Crippen LogP contribution in [0.1, 0.15) is 31.3 Å². The van der Waals surface area contributed by atoms with E-state index < -0.39 is 0 Å². The molecule has 0 bridgehead atoms. The molecule has 3 aromatic rings. The number of thiazole rings is 1. The summed E-state index contributed by atoms with van der Waals surface area (Å²) in [4.78, 5) is 17.4. The zero-order chi connectivity index (χ0) is 15.7. The minimum Gasteiger partial charge on any atom is -0.307 e. The van der Waals surface area contributed by atoms with Crippen molar-refractivity contribution in [3.63, 3.8) is 0 Å². The van der Waals surface area contributed by atoms with E-state index in [0.29, 0.717) is 6.54 Å². The highest BCUT2D eigenvalue weighted by Gasteiger charge is 2.14. The smallest absolute Gasteiger partial charge is 0.259 e. The van der Waals surface area contributed by atoms with E-state index in [4.69, 9.17) is 0 Å². The Morgan fingerprint density at radius 1 is 1.41 bits per heavy atom. The Hall–Kier alpha value is -1.99. The summed E-state index contributed by atoms with van der Waals surface area (Å²) in [5.74, 6) is 0. The lowest BCUT2D eigenvalue weighted by molar-refractivity contribution is 0.364. The van der Waals surface area contributed by atoms with E-state index in [-0.39, 0.29) is 17.6 Å². The zero-order valence-corrected chi connectivity index (χ0v) is 13.7. The summed E-state index contributed by atoms with van der Waals surface area (Å²) in [5.41, 5.74) is 1.68. The van der Waals surface area contributed by atoms with Crippen molar-refractivity contribution in [3.05, 3.63) is 51.6 Å². The molecule has 0 aliphatic rings. The topological polar surface area (TPSA) is 64.2 Å². The highest BCUT2D eigenvalue weighted by Crippen LogP contribution is 2.12. The van der Waals surface area contributed by atoms with Crippen molar-refractivity contribution in [2.24, 2.45) is 0 Å². The Bertz CT molecular complexity index is 820. The summed E-state index contributed by atoms with van der Waals surface area (Å²) in [6.45, 7) is 6.69. The molecule has 0 saturated heterocycles. The molecule has 0 amide bonds. The van der Waals surface area contributed by atoms with E-state index in [2.05, 4.69) is 29.2 Å². The van der Waals surface area contributed by atoms with Crippen molar-refractivity contribution in [2.75, 3.05) is 0 Å². The number of hydrogen-bond acceptors (Lipinski definition) is 5. The van der Waals surface area contributed by atoms with Crippen LogP contribution in [0.2, 0.25) is 0 Å². The van der Waals surface area contributed by atoms with Gasteiger partial charge in [-0.1, -0.05) is 0 Å². The Kier molecular flexibility index (Phi) is 4.08. The summed E-state index contributed by atoms with van der Waals surface area (Å²) < 4.78 is 3.57. The van der Waals surface area contributed by atoms with E-state index in [1.54, 1.807) is 16.7 Å². The summed E-state index contributed by atoms with van der Waals surface area (Å²) in [6.07, 6.45) is 3.73. The maximum Gasteiger partial charge on any atom is 0.259 e. The molecule has 3 heterocycles. The number of rotatable bonds is 5. The first kappa shape index (κ1) is 14.9. The van der Waals surface area contributed by atoms with E-state index in [0.717, 1.165) is 16.3 Å². The highest BCUT2D eigenvalue weighted by molar-refractivity contribution is 7.15. The summed E-state index contributed by atoms with van der Waals surface area (Å²) in [5, 5.41) is 9.63. The largest absolute Gasteiger partial charge is 0.307 e. The fraction of sp³-hybridized carbons (Fsp3) is 0.400. The SMILES string of the molecule is Cc1csc2nc(CN[C@@H](C)[C@@H](C)n3cccn3)cc(=O)n12. The second kappa shape index (κ2) is 6.02. The maximum absolute atomic E-state index is 12.1. The Labute approximate surface area is 132 Å². The molecule has 0 saturated carbocycles. The fourth-order valence-electron chi connectivity index (χ4n) is 2.38. The third-order valence-corrected chi connectivity index (χ3v) is 4.84. The van der Waals surface area contributed by atoms with Gasteiger partial charge >= 0.3 is 0 Å². The van der Waals surface area contributed by atoms with Gasteiger partial charge in [0.15, 0.2) is 4.96 Å². The normalized spacial score (nSPS) is 14.3. The summed E-state index contributed by atoms with van der Waals surface area (Å²) in [6, 6.07) is 3.96. The molecule has 3 aromatic heterocycles. The first-order valence-corrected chi connectivity index (χ1v) is 8.13. The Balaban J connectivity index is 1.72. The monoisotopic (exact) mass is 317 g/mol. The molecule has 0 aliphatic carbocycles. The molecule has 0 fully saturated rings. The van der Waals surface area contributed by atoms with Crippen LogP contribution in [-0.2, 0) is 6.54 Å². The van der Waals surface area contributed by atoms with Gasteiger partial charge in [-0.15, -0.1) is 11.3 Å². The van der Waals surface area contributed by atoms with Crippen molar-refractivity contribution < 1.29 is 0 Å². The van der Waals surface area contributed by atoms with Crippen LogP contribution in [0.4, 0.5) is 0 Å². The minimum atomic E-state index is -0.0201. The van der Waals surface area contributed by atoms with Gasteiger partial charge in [-0.2, -0.15) is 5.10 Å². The Morgan fingerprint density at radius 2 is 2.23 bits per heavy atom. The van der Waals surface area contributed by atoms with Crippen molar-refractivity contribution >= 4 is 16.3 Å². The van der Waals surface area contributed by atoms with Crippen LogP contribution in [0.15, 0.2) is 34.7 Å². The van der Waals surface area contributed by atoms with E-state index in [9.17, 15) is 4.79 Å². The average molecular weight is 317 g/mol. The number of aromatic nitrogens is 4. The van der Waals surface area contributed by atoms with Gasteiger partial charge in [0.05, 0.1) is 11.7 Å². The predicted octanol–water partition coefficient (Wildman–Crippen LogP) is 2.00. The van der Waals surface area contributed by atoms with Gasteiger partial charge in [-0.3, -0.25) is 13.9 Å². The van der Waals surface area contributed by atoms with E-state index in [1.165, 1.54) is 11.3 Å². The number of fused-ring (bicyclic) bond motifs is 1. The molecule has 116 valence electrons. The summed E-state index contributed by atoms with van der Waals surface area (Å²) >= 11 is 1.49. The van der Waals surface area contributed by atoms with Gasteiger partial charge in [-0.05, 0) is 26.8 Å². The third kappa shape index (κ3) is 2.82. The fourth-order valence-corrected chi connectivity index (χ4v) is 3.27. The lowest BCUT2D eigenvalue weighted by Crippen LogP contribution is -2.34. The van der Waals surface area contributed by atoms with Gasteiger partial charge in [-0.25, -0.2) is 4.98 Å². The predicted molar refractivity (Wildman–Crippen MR) is 87.3 cm³/mol. The molecular formula is C15H19N5OS. The van der Waals surface area contributed by atoms with Gasteiger partial charge in [0.2, 0.25) is 0 Å². The molecule has 0 aliphatic heterocycles. The van der Waals surface area contributed by atoms with E-state index >= 15 is 0 Å². The quantitative estimate of drug-likeness (QED) is 0.782. The van der Waals surface area contributed by atoms with Crippen molar-refractivity contribution in [1.29, 1.82) is 0 Å². The van der Waals surface area contributed by atoms with Crippen LogP contribution in [-0.4, -0.2) is 25.2 Å². The number of nitrogens with one attached hydrogen (secondary N) is 1. The van der Waals surface area contributed by atoms with Crippen LogP contribution in [0.3, 0.4) is 0 Å². The van der Waals surface area contributed by atoms with Crippen LogP contribution in [0.25, 0.3) is 4.96 Å². The first-order chi connectivity index (χ1) is 10.6. The lowest BCUT2D eigenvalue weighted by atomic mass is 10.1. The van der Waals surface area contributed by atoms with Crippen molar-refractivity contribution in [3.8, 4) is 0 Å². The third-order valence-electron chi connectivity index (χ3n) is 3.90. The second-order valence-corrected chi connectivity index (χ2v) is 6.31. The number of aryl methyl sites for hydroxylation is 1. The van der Waals surface area contributed by atoms with Gasteiger partial charge < -0.3 is 5.32 Å². The molecule has 2 atom stereocenters. The minimum absolute atomic E-state index is 0.0201. The molecule has 7 heteroatoms. The molecule has 0 aromatic carbocycles. The second-order valence-electron chi connectivity index (χ2n) is 5.48. The lowest BCUT2D eigenvalue weighted by Gasteiger charge is -2.21. The Morgan fingerprint density at radius 3 is 2.95 bits per heavy atom. The van der Waals surface area contributed by atoms with Crippen LogP contribution in [0, 0.1) is 6.92 Å². The van der Waals surface area contributed by atoms with Crippen LogP contribution < -0.4 is 10.9 Å². The molecule has 0 spiro atoms. The molecule has 6 nitrogen and oxygen atoms in total. The van der Waals surface area contributed by atoms with Crippen LogP contribution in [0.5, 0.6) is 0 Å². The van der Waals surface area contributed by atoms with Crippen LogP contribution >= 0.6 is 11.3 Å². The number of nitrogens with zero attached hydrogens (tertiary/aromatic N) is 4. The van der Waals surface area contributed by atoms with Gasteiger partial charge in [0, 0.05) is 42.1 Å². The average Bonchev–Trinajstić information content (AvgIpc) is 3.14. The zero-order valence-electron chi connectivity index (χ0n) is 12.9.